The number of hydrogen-bond donors (Lipinski definition) is 2. The molecule has 2 N–H and O–H groups in total. The molecule has 5 nitrogen and oxygen atoms in total. The van der Waals surface area contributed by atoms with E-state index in [0.29, 0.717) is 16.8 Å². The molecule has 1 aromatic heterocycles. The number of aromatic carboxylic acids is 1. The van der Waals surface area contributed by atoms with E-state index in [1.807, 2.05) is 0 Å². The smallest absolute Gasteiger partial charge is 0.345 e. The lowest BCUT2D eigenvalue weighted by molar-refractivity contribution is 0.0698. The normalized spacial score (nSPS) is 10.2. The number of aryl methyl sites for hydroxylation is 1. The minimum atomic E-state index is -1.01. The Morgan fingerprint density at radius 1 is 1.29 bits per heavy atom. The number of rotatable bonds is 2. The summed E-state index contributed by atoms with van der Waals surface area (Å²) in [4.78, 5) is 28.2. The lowest BCUT2D eigenvalue weighted by Gasteiger charge is -2.07. The van der Waals surface area contributed by atoms with Crippen LogP contribution in [-0.4, -0.2) is 21.0 Å². The zero-order chi connectivity index (χ0) is 12.4. The van der Waals surface area contributed by atoms with Crippen LogP contribution in [0, 0.1) is 6.92 Å². The highest BCUT2D eigenvalue weighted by Gasteiger charge is 2.12. The van der Waals surface area contributed by atoms with Gasteiger partial charge in [0.2, 0.25) is 0 Å². The van der Waals surface area contributed by atoms with Crippen LogP contribution in [0.3, 0.4) is 0 Å². The van der Waals surface area contributed by atoms with Crippen LogP contribution < -0.4 is 5.69 Å². The summed E-state index contributed by atoms with van der Waals surface area (Å²) in [7, 11) is 0. The Morgan fingerprint density at radius 3 is 2.65 bits per heavy atom. The van der Waals surface area contributed by atoms with Crippen molar-refractivity contribution in [3.8, 4) is 11.1 Å². The van der Waals surface area contributed by atoms with Gasteiger partial charge in [-0.3, -0.25) is 0 Å². The number of carboxylic acids is 1. The van der Waals surface area contributed by atoms with Gasteiger partial charge in [0.15, 0.2) is 0 Å². The van der Waals surface area contributed by atoms with Crippen molar-refractivity contribution in [1.82, 2.24) is 9.97 Å². The minimum Gasteiger partial charge on any atom is -0.478 e. The summed E-state index contributed by atoms with van der Waals surface area (Å²) in [6.07, 6.45) is 1.38. The van der Waals surface area contributed by atoms with Gasteiger partial charge >= 0.3 is 11.7 Å². The van der Waals surface area contributed by atoms with Gasteiger partial charge in [0.1, 0.15) is 0 Å². The predicted octanol–water partition coefficient (Wildman–Crippen LogP) is 1.44. The van der Waals surface area contributed by atoms with Crippen LogP contribution in [0.5, 0.6) is 0 Å². The van der Waals surface area contributed by atoms with E-state index < -0.39 is 11.7 Å². The van der Waals surface area contributed by atoms with Crippen molar-refractivity contribution in [2.75, 3.05) is 0 Å². The summed E-state index contributed by atoms with van der Waals surface area (Å²) < 4.78 is 0. The Morgan fingerprint density at radius 2 is 2.00 bits per heavy atom. The molecule has 0 unspecified atom stereocenters. The molecule has 0 atom stereocenters. The molecule has 0 saturated heterocycles. The summed E-state index contributed by atoms with van der Waals surface area (Å²) in [5, 5.41) is 9.08. The third kappa shape index (κ3) is 2.08. The van der Waals surface area contributed by atoms with Crippen LogP contribution in [0.2, 0.25) is 0 Å². The molecule has 1 heterocycles. The highest BCUT2D eigenvalue weighted by Crippen LogP contribution is 2.24. The Hall–Kier alpha value is -2.43. The molecule has 0 saturated carbocycles. The average Bonchev–Trinajstić information content (AvgIpc) is 2.29. The number of H-pyrrole nitrogens is 1. The Bertz CT molecular complexity index is 632. The van der Waals surface area contributed by atoms with E-state index in [4.69, 9.17) is 5.11 Å². The van der Waals surface area contributed by atoms with Crippen LogP contribution in [-0.2, 0) is 0 Å². The Labute approximate surface area is 96.8 Å². The van der Waals surface area contributed by atoms with Gasteiger partial charge in [0, 0.05) is 17.5 Å². The average molecular weight is 230 g/mol. The number of nitrogens with one attached hydrogen (secondary N) is 1. The summed E-state index contributed by atoms with van der Waals surface area (Å²) >= 11 is 0. The van der Waals surface area contributed by atoms with Crippen molar-refractivity contribution >= 4 is 5.97 Å². The standard InChI is InChI=1S/C12H10N2O3/c1-7-10(6-13-12(17)14-7)8-4-2-3-5-9(8)11(15)16/h2-6H,1H3,(H,15,16)(H,13,14,17). The third-order valence-corrected chi connectivity index (χ3v) is 2.46. The lowest BCUT2D eigenvalue weighted by atomic mass is 10.0. The number of benzene rings is 1. The zero-order valence-electron chi connectivity index (χ0n) is 9.10. The molecular weight excluding hydrogens is 220 g/mol. The molecule has 2 rings (SSSR count). The first-order chi connectivity index (χ1) is 8.09. The fourth-order valence-corrected chi connectivity index (χ4v) is 1.66. The van der Waals surface area contributed by atoms with Crippen LogP contribution in [0.1, 0.15) is 16.1 Å². The van der Waals surface area contributed by atoms with Crippen LogP contribution >= 0.6 is 0 Å². The van der Waals surface area contributed by atoms with Gasteiger partial charge in [-0.2, -0.15) is 0 Å². The first-order valence-electron chi connectivity index (χ1n) is 4.98. The second-order valence-electron chi connectivity index (χ2n) is 3.58. The maximum absolute atomic E-state index is 11.1. The minimum absolute atomic E-state index is 0.185. The first-order valence-corrected chi connectivity index (χ1v) is 4.98. The topological polar surface area (TPSA) is 83.0 Å². The number of carbonyl (C=O) groups is 1. The Kier molecular flexibility index (Phi) is 2.74. The van der Waals surface area contributed by atoms with Crippen molar-refractivity contribution in [1.29, 1.82) is 0 Å². The molecule has 0 fully saturated rings. The third-order valence-electron chi connectivity index (χ3n) is 2.46. The van der Waals surface area contributed by atoms with Gasteiger partial charge in [-0.25, -0.2) is 14.6 Å². The number of carboxylic acid groups (broad SMARTS) is 1. The summed E-state index contributed by atoms with van der Waals surface area (Å²) in [5.74, 6) is -1.01. The fraction of sp³-hybridized carbons (Fsp3) is 0.0833. The highest BCUT2D eigenvalue weighted by molar-refractivity contribution is 5.96. The van der Waals surface area contributed by atoms with E-state index in [1.54, 1.807) is 25.1 Å². The van der Waals surface area contributed by atoms with Gasteiger partial charge in [0.25, 0.3) is 0 Å². The maximum Gasteiger partial charge on any atom is 0.345 e. The van der Waals surface area contributed by atoms with Crippen LogP contribution in [0.25, 0.3) is 11.1 Å². The van der Waals surface area contributed by atoms with Crippen LogP contribution in [0.15, 0.2) is 35.3 Å². The van der Waals surface area contributed by atoms with E-state index in [1.165, 1.54) is 12.3 Å². The molecule has 0 aliphatic heterocycles. The number of nitrogens with zero attached hydrogens (tertiary/aromatic N) is 1. The summed E-state index contributed by atoms with van der Waals surface area (Å²) in [6.45, 7) is 1.71. The molecule has 1 aromatic carbocycles. The summed E-state index contributed by atoms with van der Waals surface area (Å²) in [5.41, 5.74) is 1.49. The zero-order valence-corrected chi connectivity index (χ0v) is 9.10. The van der Waals surface area contributed by atoms with Gasteiger partial charge in [-0.1, -0.05) is 18.2 Å². The van der Waals surface area contributed by atoms with Gasteiger partial charge in [-0.15, -0.1) is 0 Å². The van der Waals surface area contributed by atoms with Crippen molar-refractivity contribution in [3.63, 3.8) is 0 Å². The Balaban J connectivity index is 2.68. The van der Waals surface area contributed by atoms with E-state index in [2.05, 4.69) is 9.97 Å². The van der Waals surface area contributed by atoms with Crippen LogP contribution in [0.4, 0.5) is 0 Å². The monoisotopic (exact) mass is 230 g/mol. The van der Waals surface area contributed by atoms with E-state index >= 15 is 0 Å². The van der Waals surface area contributed by atoms with Gasteiger partial charge < -0.3 is 10.1 Å². The van der Waals surface area contributed by atoms with Gasteiger partial charge in [0.05, 0.1) is 5.56 Å². The van der Waals surface area contributed by atoms with Gasteiger partial charge in [-0.05, 0) is 18.6 Å². The molecule has 0 radical (unpaired) electrons. The van der Waals surface area contributed by atoms with E-state index in [0.717, 1.165) is 0 Å². The molecule has 0 bridgehead atoms. The lowest BCUT2D eigenvalue weighted by Crippen LogP contribution is -2.12. The summed E-state index contributed by atoms with van der Waals surface area (Å²) in [6, 6.07) is 6.60. The van der Waals surface area contributed by atoms with E-state index in [9.17, 15) is 9.59 Å². The van der Waals surface area contributed by atoms with Crippen molar-refractivity contribution in [2.45, 2.75) is 6.92 Å². The highest BCUT2D eigenvalue weighted by atomic mass is 16.4. The molecular formula is C12H10N2O3. The second-order valence-corrected chi connectivity index (χ2v) is 3.58. The molecule has 5 heteroatoms. The van der Waals surface area contributed by atoms with Crippen molar-refractivity contribution < 1.29 is 9.90 Å². The van der Waals surface area contributed by atoms with Crippen molar-refractivity contribution in [3.05, 3.63) is 52.2 Å². The van der Waals surface area contributed by atoms with Crippen molar-refractivity contribution in [2.24, 2.45) is 0 Å². The molecule has 0 aliphatic carbocycles. The molecule has 0 aliphatic rings. The quantitative estimate of drug-likeness (QED) is 0.817. The first kappa shape index (κ1) is 11.1. The number of aromatic amines is 1. The maximum atomic E-state index is 11.1. The molecule has 17 heavy (non-hydrogen) atoms. The molecule has 0 amide bonds. The largest absolute Gasteiger partial charge is 0.478 e. The number of aromatic nitrogens is 2. The number of hydrogen-bond acceptors (Lipinski definition) is 3. The second kappa shape index (κ2) is 4.21. The van der Waals surface area contributed by atoms with E-state index in [-0.39, 0.29) is 5.56 Å². The fourth-order valence-electron chi connectivity index (χ4n) is 1.66. The SMILES string of the molecule is Cc1[nH]c(=O)ncc1-c1ccccc1C(=O)O. The predicted molar refractivity (Wildman–Crippen MR) is 62.0 cm³/mol. The molecule has 0 spiro atoms. The molecule has 2 aromatic rings. The molecule has 86 valence electrons.